The van der Waals surface area contributed by atoms with Crippen LogP contribution in [-0.4, -0.2) is 27.7 Å². The number of rotatable bonds is 6. The third-order valence-electron chi connectivity index (χ3n) is 5.05. The summed E-state index contributed by atoms with van der Waals surface area (Å²) in [4.78, 5) is 15.8. The summed E-state index contributed by atoms with van der Waals surface area (Å²) in [5.41, 5.74) is 0.622. The lowest BCUT2D eigenvalue weighted by atomic mass is 10.1. The predicted molar refractivity (Wildman–Crippen MR) is 119 cm³/mol. The van der Waals surface area contributed by atoms with Crippen molar-refractivity contribution in [2.75, 3.05) is 12.4 Å². The third-order valence-corrected chi connectivity index (χ3v) is 5.35. The highest BCUT2D eigenvalue weighted by Crippen LogP contribution is 2.34. The van der Waals surface area contributed by atoms with Gasteiger partial charge in [0.05, 0.1) is 40.8 Å². The molecule has 0 radical (unpaired) electrons. The van der Waals surface area contributed by atoms with Crippen LogP contribution in [0.3, 0.4) is 0 Å². The largest absolute Gasteiger partial charge is 0.495 e. The van der Waals surface area contributed by atoms with Crippen LogP contribution in [0.4, 0.5) is 24.8 Å². The molecule has 0 aliphatic heterocycles. The first-order chi connectivity index (χ1) is 15.7. The molecule has 170 valence electrons. The molecule has 0 unspecified atom stereocenters. The molecule has 1 heterocycles. The molecule has 0 aliphatic carbocycles. The maximum Gasteiger partial charge on any atom is 0.416 e. The Bertz CT molecular complexity index is 1350. The van der Waals surface area contributed by atoms with Gasteiger partial charge in [-0.05, 0) is 48.0 Å². The Hall–Kier alpha value is -3.72. The molecule has 0 fully saturated rings. The number of carbonyl (C=O) groups is 1. The van der Waals surface area contributed by atoms with Gasteiger partial charge >= 0.3 is 12.1 Å². The summed E-state index contributed by atoms with van der Waals surface area (Å²) in [5, 5.41) is 12.7. The summed E-state index contributed by atoms with van der Waals surface area (Å²) in [6, 6.07) is 14.5. The number of methoxy groups -OCH3 is 1. The number of anilines is 2. The molecular formula is C23H17ClF3N3O3. The topological polar surface area (TPSA) is 76.4 Å². The van der Waals surface area contributed by atoms with E-state index in [0.29, 0.717) is 27.5 Å². The van der Waals surface area contributed by atoms with Gasteiger partial charge in [-0.2, -0.15) is 13.2 Å². The molecule has 1 aromatic heterocycles. The monoisotopic (exact) mass is 475 g/mol. The summed E-state index contributed by atoms with van der Waals surface area (Å²) < 4.78 is 47.4. The number of hydrogen-bond acceptors (Lipinski definition) is 4. The lowest BCUT2D eigenvalue weighted by molar-refractivity contribution is -0.138. The number of imidazole rings is 1. The smallest absolute Gasteiger partial charge is 0.416 e. The van der Waals surface area contributed by atoms with Crippen LogP contribution in [0, 0.1) is 0 Å². The third kappa shape index (κ3) is 4.58. The van der Waals surface area contributed by atoms with Crippen LogP contribution in [0.2, 0.25) is 5.02 Å². The number of hydrogen-bond donors (Lipinski definition) is 2. The van der Waals surface area contributed by atoms with Gasteiger partial charge in [-0.3, -0.25) is 0 Å². The first kappa shape index (κ1) is 22.5. The van der Waals surface area contributed by atoms with Crippen molar-refractivity contribution in [2.24, 2.45) is 0 Å². The number of carboxylic acid groups (broad SMARTS) is 1. The Morgan fingerprint density at radius 3 is 2.58 bits per heavy atom. The Balaban J connectivity index is 1.83. The number of fused-ring (bicyclic) bond motifs is 1. The highest BCUT2D eigenvalue weighted by atomic mass is 35.5. The second-order valence-corrected chi connectivity index (χ2v) is 7.57. The molecule has 0 bridgehead atoms. The van der Waals surface area contributed by atoms with E-state index in [2.05, 4.69) is 10.3 Å². The van der Waals surface area contributed by atoms with Crippen LogP contribution < -0.4 is 10.1 Å². The highest BCUT2D eigenvalue weighted by Gasteiger charge is 2.33. The number of aromatic carboxylic acids is 1. The fraction of sp³-hybridized carbons (Fsp3) is 0.130. The molecule has 4 rings (SSSR count). The number of alkyl halides is 3. The van der Waals surface area contributed by atoms with Crippen molar-refractivity contribution in [3.05, 3.63) is 82.4 Å². The standard InChI is InChI=1S/C23H17ClF3N3O3/c1-33-20-9-7-15(11-17(20)24)28-22-29-18-10-13(21(31)32)6-8-19(18)30(22)12-14-4-2-3-5-16(14)23(25,26)27/h2-11H,12H2,1H3,(H,28,29)(H,31,32). The van der Waals surface area contributed by atoms with Crippen LogP contribution >= 0.6 is 11.6 Å². The molecule has 0 amide bonds. The van der Waals surface area contributed by atoms with Crippen LogP contribution in [0.1, 0.15) is 21.5 Å². The summed E-state index contributed by atoms with van der Waals surface area (Å²) in [5.74, 6) is -0.447. The first-order valence-corrected chi connectivity index (χ1v) is 10.0. The van der Waals surface area contributed by atoms with E-state index in [-0.39, 0.29) is 23.6 Å². The maximum atomic E-state index is 13.6. The lowest BCUT2D eigenvalue weighted by Gasteiger charge is -2.16. The number of aromatic nitrogens is 2. The van der Waals surface area contributed by atoms with Crippen LogP contribution in [0.5, 0.6) is 5.75 Å². The molecule has 0 aliphatic rings. The maximum absolute atomic E-state index is 13.6. The summed E-state index contributed by atoms with van der Waals surface area (Å²) in [6.45, 7) is -0.148. The van der Waals surface area contributed by atoms with E-state index in [1.54, 1.807) is 22.8 Å². The lowest BCUT2D eigenvalue weighted by Crippen LogP contribution is -2.13. The van der Waals surface area contributed by atoms with Crippen molar-refractivity contribution < 1.29 is 27.8 Å². The van der Waals surface area contributed by atoms with Crippen molar-refractivity contribution in [3.63, 3.8) is 0 Å². The van der Waals surface area contributed by atoms with Crippen molar-refractivity contribution in [1.82, 2.24) is 9.55 Å². The van der Waals surface area contributed by atoms with Crippen LogP contribution in [0.15, 0.2) is 60.7 Å². The van der Waals surface area contributed by atoms with Gasteiger partial charge in [-0.15, -0.1) is 0 Å². The van der Waals surface area contributed by atoms with E-state index in [9.17, 15) is 23.1 Å². The molecule has 3 aromatic carbocycles. The molecule has 10 heteroatoms. The fourth-order valence-corrected chi connectivity index (χ4v) is 3.75. The van der Waals surface area contributed by atoms with Gasteiger partial charge in [0.25, 0.3) is 0 Å². The molecule has 33 heavy (non-hydrogen) atoms. The molecule has 0 spiro atoms. The summed E-state index contributed by atoms with van der Waals surface area (Å²) >= 11 is 6.19. The van der Waals surface area contributed by atoms with Crippen molar-refractivity contribution in [3.8, 4) is 5.75 Å². The zero-order chi connectivity index (χ0) is 23.8. The van der Waals surface area contributed by atoms with Crippen molar-refractivity contribution in [2.45, 2.75) is 12.7 Å². The zero-order valence-corrected chi connectivity index (χ0v) is 17.9. The molecular weight excluding hydrogens is 459 g/mol. The minimum Gasteiger partial charge on any atom is -0.495 e. The number of ether oxygens (including phenoxy) is 1. The van der Waals surface area contributed by atoms with Gasteiger partial charge in [-0.25, -0.2) is 9.78 Å². The van der Waals surface area contributed by atoms with Crippen LogP contribution in [-0.2, 0) is 12.7 Å². The van der Waals surface area contributed by atoms with E-state index < -0.39 is 17.7 Å². The van der Waals surface area contributed by atoms with Crippen LogP contribution in [0.25, 0.3) is 11.0 Å². The van der Waals surface area contributed by atoms with Gasteiger partial charge < -0.3 is 19.7 Å². The van der Waals surface area contributed by atoms with Crippen molar-refractivity contribution in [1.29, 1.82) is 0 Å². The molecule has 4 aromatic rings. The second kappa shape index (κ2) is 8.67. The minimum atomic E-state index is -4.53. The number of carboxylic acids is 1. The SMILES string of the molecule is COc1ccc(Nc2nc3cc(C(=O)O)ccc3n2Cc2ccccc2C(F)(F)F)cc1Cl. The van der Waals surface area contributed by atoms with Gasteiger partial charge in [-0.1, -0.05) is 29.8 Å². The van der Waals surface area contributed by atoms with Crippen molar-refractivity contribution >= 4 is 40.2 Å². The Kier molecular flexibility index (Phi) is 5.90. The first-order valence-electron chi connectivity index (χ1n) is 9.66. The number of nitrogens with one attached hydrogen (secondary N) is 1. The zero-order valence-electron chi connectivity index (χ0n) is 17.2. The van der Waals surface area contributed by atoms with Gasteiger partial charge in [0, 0.05) is 5.69 Å². The number of halogens is 4. The summed E-state index contributed by atoms with van der Waals surface area (Å²) in [7, 11) is 1.48. The van der Waals surface area contributed by atoms with Gasteiger partial charge in [0.15, 0.2) is 0 Å². The quantitative estimate of drug-likeness (QED) is 0.347. The number of nitrogens with zero attached hydrogens (tertiary/aromatic N) is 2. The second-order valence-electron chi connectivity index (χ2n) is 7.16. The average Bonchev–Trinajstić information content (AvgIpc) is 3.09. The van der Waals surface area contributed by atoms with E-state index >= 15 is 0 Å². The van der Waals surface area contributed by atoms with E-state index in [1.807, 2.05) is 0 Å². The fourth-order valence-electron chi connectivity index (χ4n) is 3.50. The molecule has 6 nitrogen and oxygen atoms in total. The minimum absolute atomic E-state index is 0.0156. The highest BCUT2D eigenvalue weighted by molar-refractivity contribution is 6.32. The summed E-state index contributed by atoms with van der Waals surface area (Å²) in [6.07, 6.45) is -4.53. The molecule has 2 N–H and O–H groups in total. The van der Waals surface area contributed by atoms with Gasteiger partial charge in [0.2, 0.25) is 5.95 Å². The normalized spacial score (nSPS) is 11.5. The Labute approximate surface area is 191 Å². The Morgan fingerprint density at radius 2 is 1.91 bits per heavy atom. The van der Waals surface area contributed by atoms with Gasteiger partial charge in [0.1, 0.15) is 5.75 Å². The number of benzene rings is 3. The van der Waals surface area contributed by atoms with E-state index in [0.717, 1.165) is 6.07 Å². The molecule has 0 saturated heterocycles. The predicted octanol–water partition coefficient (Wildman–Crippen LogP) is 6.21. The van der Waals surface area contributed by atoms with E-state index in [1.165, 1.54) is 43.5 Å². The molecule has 0 atom stereocenters. The Morgan fingerprint density at radius 1 is 1.15 bits per heavy atom. The molecule has 0 saturated carbocycles. The van der Waals surface area contributed by atoms with E-state index in [4.69, 9.17) is 16.3 Å². The average molecular weight is 476 g/mol.